The van der Waals surface area contributed by atoms with Crippen molar-refractivity contribution in [3.63, 3.8) is 0 Å². The Labute approximate surface area is 163 Å². The minimum absolute atomic E-state index is 0.111. The van der Waals surface area contributed by atoms with Crippen molar-refractivity contribution in [3.8, 4) is 0 Å². The zero-order valence-electron chi connectivity index (χ0n) is 17.4. The van der Waals surface area contributed by atoms with Crippen LogP contribution in [0.1, 0.15) is 71.5 Å². The highest BCUT2D eigenvalue weighted by Gasteiger charge is 2.61. The Bertz CT molecular complexity index is 741. The maximum Gasteiger partial charge on any atom is 0.232 e. The first kappa shape index (κ1) is 18.7. The smallest absolute Gasteiger partial charge is 0.232 e. The van der Waals surface area contributed by atoms with Gasteiger partial charge in [0.15, 0.2) is 0 Å². The van der Waals surface area contributed by atoms with Gasteiger partial charge in [-0.3, -0.25) is 4.79 Å². The average Bonchev–Trinajstić information content (AvgIpc) is 3.31. The minimum atomic E-state index is -0.279. The van der Waals surface area contributed by atoms with Crippen LogP contribution in [-0.2, 0) is 11.2 Å². The number of rotatable bonds is 4. The van der Waals surface area contributed by atoms with Crippen LogP contribution in [0.25, 0.3) is 0 Å². The Morgan fingerprint density at radius 3 is 2.59 bits per heavy atom. The normalized spacial score (nSPS) is 30.5. The second-order valence-corrected chi connectivity index (χ2v) is 10.0. The van der Waals surface area contributed by atoms with Gasteiger partial charge in [-0.1, -0.05) is 45.1 Å². The van der Waals surface area contributed by atoms with Gasteiger partial charge in [-0.25, -0.2) is 4.68 Å². The molecule has 3 fully saturated rings. The van der Waals surface area contributed by atoms with Crippen molar-refractivity contribution < 1.29 is 4.79 Å². The molecule has 1 saturated heterocycles. The summed E-state index contributed by atoms with van der Waals surface area (Å²) in [5.41, 5.74) is 2.09. The number of amides is 1. The second-order valence-electron chi connectivity index (χ2n) is 10.0. The Balaban J connectivity index is 1.40. The first-order chi connectivity index (χ1) is 12.7. The fourth-order valence-corrected chi connectivity index (χ4v) is 5.76. The van der Waals surface area contributed by atoms with Crippen LogP contribution in [0.3, 0.4) is 0 Å². The fourth-order valence-electron chi connectivity index (χ4n) is 5.76. The molecule has 2 heterocycles. The van der Waals surface area contributed by atoms with Gasteiger partial charge in [0, 0.05) is 19.3 Å². The van der Waals surface area contributed by atoms with Crippen molar-refractivity contribution in [1.82, 2.24) is 19.9 Å². The number of hydrogen-bond acceptors (Lipinski definition) is 3. The molecule has 0 radical (unpaired) electrons. The first-order valence-electron chi connectivity index (χ1n) is 10.6. The predicted molar refractivity (Wildman–Crippen MR) is 106 cm³/mol. The zero-order chi connectivity index (χ0) is 19.4. The third-order valence-corrected chi connectivity index (χ3v) is 7.60. The third kappa shape index (κ3) is 2.94. The standard InChI is InChI=1S/C22H34N4O/c1-15(2)12-18-14-26(24-23-18)19-7-10-25(11-8-19)20(27)22-9-6-17(13-22)21(4,5)16(22)3/h14-15,17,19H,3,6-13H2,1-2,4-5H3/t17-,22-/m1/s1. The van der Waals surface area contributed by atoms with Gasteiger partial charge >= 0.3 is 0 Å². The monoisotopic (exact) mass is 370 g/mol. The molecule has 1 aromatic heterocycles. The summed E-state index contributed by atoms with van der Waals surface area (Å²) in [4.78, 5) is 15.6. The van der Waals surface area contributed by atoms with Gasteiger partial charge in [0.2, 0.25) is 5.91 Å². The maximum atomic E-state index is 13.5. The summed E-state index contributed by atoms with van der Waals surface area (Å²) in [5, 5.41) is 8.68. The van der Waals surface area contributed by atoms with E-state index in [0.717, 1.165) is 50.9 Å². The number of fused-ring (bicyclic) bond motifs is 2. The lowest BCUT2D eigenvalue weighted by atomic mass is 9.68. The van der Waals surface area contributed by atoms with Crippen molar-refractivity contribution in [2.24, 2.45) is 22.7 Å². The van der Waals surface area contributed by atoms with Crippen LogP contribution in [-0.4, -0.2) is 38.9 Å². The van der Waals surface area contributed by atoms with Gasteiger partial charge in [0.25, 0.3) is 0 Å². The summed E-state index contributed by atoms with van der Waals surface area (Å²) in [7, 11) is 0. The van der Waals surface area contributed by atoms with Crippen LogP contribution < -0.4 is 0 Å². The van der Waals surface area contributed by atoms with E-state index in [1.54, 1.807) is 0 Å². The third-order valence-electron chi connectivity index (χ3n) is 7.60. The summed E-state index contributed by atoms with van der Waals surface area (Å²) >= 11 is 0. The quantitative estimate of drug-likeness (QED) is 0.752. The minimum Gasteiger partial charge on any atom is -0.342 e. The molecular weight excluding hydrogens is 336 g/mol. The van der Waals surface area contributed by atoms with Crippen LogP contribution in [0, 0.1) is 22.7 Å². The van der Waals surface area contributed by atoms with Crippen molar-refractivity contribution in [2.45, 2.75) is 72.3 Å². The molecule has 4 rings (SSSR count). The average molecular weight is 371 g/mol. The zero-order valence-corrected chi connectivity index (χ0v) is 17.4. The number of carbonyl (C=O) groups is 1. The lowest BCUT2D eigenvalue weighted by molar-refractivity contribution is -0.141. The van der Waals surface area contributed by atoms with Crippen molar-refractivity contribution in [2.75, 3.05) is 13.1 Å². The molecule has 0 spiro atoms. The summed E-state index contributed by atoms with van der Waals surface area (Å²) in [5.74, 6) is 1.56. The van der Waals surface area contributed by atoms with Crippen LogP contribution in [0.15, 0.2) is 18.3 Å². The van der Waals surface area contributed by atoms with E-state index in [2.05, 4.69) is 55.7 Å². The van der Waals surface area contributed by atoms with E-state index in [0.29, 0.717) is 23.8 Å². The molecule has 2 atom stereocenters. The molecule has 5 nitrogen and oxygen atoms in total. The Hall–Kier alpha value is -1.65. The Kier molecular flexibility index (Phi) is 4.47. The Morgan fingerprint density at radius 1 is 1.30 bits per heavy atom. The van der Waals surface area contributed by atoms with Crippen LogP contribution >= 0.6 is 0 Å². The highest BCUT2D eigenvalue weighted by Crippen LogP contribution is 2.66. The van der Waals surface area contributed by atoms with Gasteiger partial charge < -0.3 is 4.90 Å². The molecule has 1 aliphatic heterocycles. The number of aromatic nitrogens is 3. The fraction of sp³-hybridized carbons (Fsp3) is 0.773. The van der Waals surface area contributed by atoms with Crippen LogP contribution in [0.4, 0.5) is 0 Å². The molecule has 2 bridgehead atoms. The molecule has 2 saturated carbocycles. The molecule has 0 aromatic carbocycles. The number of likely N-dealkylation sites (tertiary alicyclic amines) is 1. The van der Waals surface area contributed by atoms with Gasteiger partial charge in [0.05, 0.1) is 17.2 Å². The summed E-state index contributed by atoms with van der Waals surface area (Å²) < 4.78 is 2.03. The highest BCUT2D eigenvalue weighted by molar-refractivity contribution is 5.87. The molecular formula is C22H34N4O. The molecule has 2 aliphatic carbocycles. The van der Waals surface area contributed by atoms with Crippen molar-refractivity contribution in [1.29, 1.82) is 0 Å². The van der Waals surface area contributed by atoms with E-state index in [9.17, 15) is 4.79 Å². The van der Waals surface area contributed by atoms with E-state index in [1.165, 1.54) is 12.0 Å². The number of hydrogen-bond donors (Lipinski definition) is 0. The van der Waals surface area contributed by atoms with Crippen molar-refractivity contribution >= 4 is 5.91 Å². The lowest BCUT2D eigenvalue weighted by Gasteiger charge is -2.41. The molecule has 27 heavy (non-hydrogen) atoms. The number of carbonyl (C=O) groups excluding carboxylic acids is 1. The van der Waals surface area contributed by atoms with E-state index >= 15 is 0 Å². The van der Waals surface area contributed by atoms with Gasteiger partial charge in [0.1, 0.15) is 0 Å². The van der Waals surface area contributed by atoms with E-state index in [-0.39, 0.29) is 10.8 Å². The number of piperidine rings is 1. The largest absolute Gasteiger partial charge is 0.342 e. The number of nitrogens with zero attached hydrogens (tertiary/aromatic N) is 4. The molecule has 148 valence electrons. The summed E-state index contributed by atoms with van der Waals surface area (Å²) in [6.45, 7) is 15.0. The highest BCUT2D eigenvalue weighted by atomic mass is 16.2. The molecule has 0 N–H and O–H groups in total. The molecule has 1 aromatic rings. The summed E-state index contributed by atoms with van der Waals surface area (Å²) in [6.07, 6.45) is 8.19. The topological polar surface area (TPSA) is 51.0 Å². The van der Waals surface area contributed by atoms with Crippen LogP contribution in [0.2, 0.25) is 0 Å². The maximum absolute atomic E-state index is 13.5. The van der Waals surface area contributed by atoms with Gasteiger partial charge in [-0.05, 0) is 55.8 Å². The Morgan fingerprint density at radius 2 is 2.00 bits per heavy atom. The van der Waals surface area contributed by atoms with E-state index in [1.807, 2.05) is 4.68 Å². The molecule has 3 aliphatic rings. The molecule has 1 amide bonds. The SMILES string of the molecule is C=C1C(C)(C)[C@@H]2CC[C@@]1(C(=O)N1CCC(n3cc(CC(C)C)nn3)CC1)C2. The summed E-state index contributed by atoms with van der Waals surface area (Å²) in [6, 6.07) is 0.361. The van der Waals surface area contributed by atoms with Crippen LogP contribution in [0.5, 0.6) is 0 Å². The van der Waals surface area contributed by atoms with E-state index < -0.39 is 0 Å². The first-order valence-corrected chi connectivity index (χ1v) is 10.6. The van der Waals surface area contributed by atoms with Gasteiger partial charge in [-0.2, -0.15) is 0 Å². The predicted octanol–water partition coefficient (Wildman–Crippen LogP) is 4.02. The van der Waals surface area contributed by atoms with Gasteiger partial charge in [-0.15, -0.1) is 5.10 Å². The molecule has 0 unspecified atom stereocenters. The van der Waals surface area contributed by atoms with E-state index in [4.69, 9.17) is 0 Å². The lowest BCUT2D eigenvalue weighted by Crippen LogP contribution is -2.47. The van der Waals surface area contributed by atoms with Crippen molar-refractivity contribution in [3.05, 3.63) is 24.0 Å². The second kappa shape index (κ2) is 6.46. The molecule has 5 heteroatoms.